The van der Waals surface area contributed by atoms with Crippen molar-refractivity contribution in [3.8, 4) is 0 Å². The number of carbonyl (C=O) groups excluding carboxylic acids is 1. The zero-order valence-electron chi connectivity index (χ0n) is 11.6. The molecule has 0 saturated heterocycles. The lowest BCUT2D eigenvalue weighted by molar-refractivity contribution is -0.164. The lowest BCUT2D eigenvalue weighted by atomic mass is 10.0. The summed E-state index contributed by atoms with van der Waals surface area (Å²) in [5.74, 6) is -0.522. The van der Waals surface area contributed by atoms with E-state index in [-0.39, 0.29) is 12.3 Å². The Morgan fingerprint density at radius 3 is 2.86 bits per heavy atom. The molecule has 0 unspecified atom stereocenters. The molecule has 1 aromatic heterocycles. The third-order valence-corrected chi connectivity index (χ3v) is 4.96. The average Bonchev–Trinajstić information content (AvgIpc) is 3.08. The van der Waals surface area contributed by atoms with Gasteiger partial charge in [0.2, 0.25) is 5.72 Å². The topological polar surface area (TPSA) is 52.9 Å². The van der Waals surface area contributed by atoms with Gasteiger partial charge in [-0.3, -0.25) is 4.79 Å². The van der Waals surface area contributed by atoms with Crippen molar-refractivity contribution in [2.75, 3.05) is 0 Å². The smallest absolute Gasteiger partial charge is 0.287 e. The van der Waals surface area contributed by atoms with Crippen molar-refractivity contribution in [1.82, 2.24) is 5.01 Å². The molecular formula is C14H16F2N2O2S. The number of alkyl halides is 2. The summed E-state index contributed by atoms with van der Waals surface area (Å²) in [6.45, 7) is 1.95. The zero-order chi connectivity index (χ0) is 15.2. The van der Waals surface area contributed by atoms with E-state index in [1.165, 1.54) is 11.3 Å². The second kappa shape index (κ2) is 5.14. The fraction of sp³-hybridized carbons (Fsp3) is 0.571. The summed E-state index contributed by atoms with van der Waals surface area (Å²) in [6, 6.07) is 1.67. The van der Waals surface area contributed by atoms with Crippen molar-refractivity contribution < 1.29 is 18.7 Å². The van der Waals surface area contributed by atoms with Gasteiger partial charge in [0.1, 0.15) is 0 Å². The molecule has 1 saturated carbocycles. The molecule has 0 bridgehead atoms. The molecule has 1 aliphatic heterocycles. The van der Waals surface area contributed by atoms with Gasteiger partial charge >= 0.3 is 0 Å². The number of rotatable bonds is 4. The first kappa shape index (κ1) is 14.6. The van der Waals surface area contributed by atoms with Crippen molar-refractivity contribution in [3.05, 3.63) is 21.9 Å². The quantitative estimate of drug-likeness (QED) is 0.929. The average molecular weight is 314 g/mol. The van der Waals surface area contributed by atoms with E-state index in [4.69, 9.17) is 0 Å². The number of hydrogen-bond donors (Lipinski definition) is 1. The minimum Gasteiger partial charge on any atom is -0.364 e. The van der Waals surface area contributed by atoms with E-state index >= 15 is 0 Å². The predicted octanol–water partition coefficient (Wildman–Crippen LogP) is 2.88. The second-order valence-corrected chi connectivity index (χ2v) is 6.49. The monoisotopic (exact) mass is 314 g/mol. The normalized spacial score (nSPS) is 25.6. The fourth-order valence-corrected chi connectivity index (χ4v) is 3.23. The van der Waals surface area contributed by atoms with Crippen LogP contribution in [0.3, 0.4) is 0 Å². The molecule has 0 spiro atoms. The molecule has 0 aromatic carbocycles. The van der Waals surface area contributed by atoms with Gasteiger partial charge in [-0.05, 0) is 31.2 Å². The molecule has 2 aliphatic rings. The van der Waals surface area contributed by atoms with E-state index < -0.39 is 18.1 Å². The Hall–Kier alpha value is -1.34. The highest BCUT2D eigenvalue weighted by Gasteiger charge is 2.54. The van der Waals surface area contributed by atoms with Gasteiger partial charge in [-0.15, -0.1) is 11.3 Å². The van der Waals surface area contributed by atoms with Gasteiger partial charge in [-0.1, -0.05) is 6.92 Å². The molecule has 1 N–H and O–H groups in total. The minimum absolute atomic E-state index is 0.141. The fourth-order valence-electron chi connectivity index (χ4n) is 2.43. The van der Waals surface area contributed by atoms with Crippen LogP contribution in [0.25, 0.3) is 0 Å². The van der Waals surface area contributed by atoms with Crippen LogP contribution in [0.2, 0.25) is 0 Å². The maximum atomic E-state index is 13.3. The largest absolute Gasteiger partial charge is 0.364 e. The van der Waals surface area contributed by atoms with Gasteiger partial charge in [-0.2, -0.15) is 10.1 Å². The van der Waals surface area contributed by atoms with Crippen LogP contribution in [-0.2, 0) is 6.42 Å². The van der Waals surface area contributed by atoms with Gasteiger partial charge in [0.25, 0.3) is 12.3 Å². The maximum Gasteiger partial charge on any atom is 0.287 e. The van der Waals surface area contributed by atoms with E-state index in [1.807, 2.05) is 6.92 Å². The first-order valence-corrected chi connectivity index (χ1v) is 7.83. The van der Waals surface area contributed by atoms with Crippen LogP contribution in [0.15, 0.2) is 16.5 Å². The van der Waals surface area contributed by atoms with Crippen molar-refractivity contribution in [3.63, 3.8) is 0 Å². The summed E-state index contributed by atoms with van der Waals surface area (Å²) >= 11 is 1.40. The molecule has 1 aliphatic carbocycles. The van der Waals surface area contributed by atoms with Crippen molar-refractivity contribution in [1.29, 1.82) is 0 Å². The van der Waals surface area contributed by atoms with Crippen molar-refractivity contribution >= 4 is 23.0 Å². The van der Waals surface area contributed by atoms with Crippen LogP contribution in [-0.4, -0.2) is 33.9 Å². The highest BCUT2D eigenvalue weighted by Crippen LogP contribution is 2.41. The van der Waals surface area contributed by atoms with E-state index in [1.54, 1.807) is 11.4 Å². The van der Waals surface area contributed by atoms with Gasteiger partial charge in [0.05, 0.1) is 5.56 Å². The summed E-state index contributed by atoms with van der Waals surface area (Å²) in [5, 5.41) is 16.4. The standard InChI is InChI=1S/C14H16F2N2O2S/c1-2-10-5-9(7-21-10)12(19)18-14(20,13(15)16)6-11(17-18)8-3-4-8/h5,7-8,13,20H,2-4,6H2,1H3/t14-/m1/s1. The SMILES string of the molecule is CCc1cc(C(=O)N2N=C(C3CC3)C[C@@]2(O)C(F)F)cs1. The molecule has 0 radical (unpaired) electrons. The van der Waals surface area contributed by atoms with Crippen molar-refractivity contribution in [2.24, 2.45) is 11.0 Å². The van der Waals surface area contributed by atoms with Gasteiger partial charge in [0, 0.05) is 22.4 Å². The summed E-state index contributed by atoms with van der Waals surface area (Å²) in [7, 11) is 0. The highest BCUT2D eigenvalue weighted by molar-refractivity contribution is 7.10. The van der Waals surface area contributed by atoms with Crippen molar-refractivity contribution in [2.45, 2.75) is 44.8 Å². The van der Waals surface area contributed by atoms with Crippen LogP contribution in [0.4, 0.5) is 8.78 Å². The van der Waals surface area contributed by atoms with E-state index in [9.17, 15) is 18.7 Å². The van der Waals surface area contributed by atoms with Gasteiger partial charge in [0.15, 0.2) is 0 Å². The summed E-state index contributed by atoms with van der Waals surface area (Å²) in [5.41, 5.74) is -1.70. The van der Waals surface area contributed by atoms with Gasteiger partial charge < -0.3 is 5.11 Å². The first-order valence-electron chi connectivity index (χ1n) is 6.95. The number of aryl methyl sites for hydroxylation is 1. The van der Waals surface area contributed by atoms with Gasteiger partial charge in [-0.25, -0.2) is 8.78 Å². The zero-order valence-corrected chi connectivity index (χ0v) is 12.4. The van der Waals surface area contributed by atoms with E-state index in [0.29, 0.717) is 16.3 Å². The number of hydrazone groups is 1. The predicted molar refractivity (Wildman–Crippen MR) is 75.6 cm³/mol. The molecule has 1 fully saturated rings. The maximum absolute atomic E-state index is 13.3. The number of nitrogens with zero attached hydrogens (tertiary/aromatic N) is 2. The van der Waals surface area contributed by atoms with Crippen LogP contribution >= 0.6 is 11.3 Å². The molecular weight excluding hydrogens is 298 g/mol. The van der Waals surface area contributed by atoms with E-state index in [0.717, 1.165) is 24.1 Å². The Bertz CT molecular complexity index is 598. The number of carbonyl (C=O) groups is 1. The summed E-state index contributed by atoms with van der Waals surface area (Å²) < 4.78 is 26.5. The number of aliphatic hydroxyl groups is 1. The molecule has 7 heteroatoms. The second-order valence-electron chi connectivity index (χ2n) is 5.49. The minimum atomic E-state index is -3.05. The van der Waals surface area contributed by atoms with E-state index in [2.05, 4.69) is 5.10 Å². The molecule has 114 valence electrons. The molecule has 1 amide bonds. The number of amides is 1. The Kier molecular flexibility index (Phi) is 3.57. The molecule has 21 heavy (non-hydrogen) atoms. The van der Waals surface area contributed by atoms with Crippen LogP contribution in [0.5, 0.6) is 0 Å². The number of thiophene rings is 1. The Morgan fingerprint density at radius 2 is 2.33 bits per heavy atom. The third-order valence-electron chi connectivity index (χ3n) is 3.88. The molecule has 1 atom stereocenters. The lowest BCUT2D eigenvalue weighted by Gasteiger charge is -2.29. The first-order chi connectivity index (χ1) is 9.95. The molecule has 3 rings (SSSR count). The summed E-state index contributed by atoms with van der Waals surface area (Å²) in [4.78, 5) is 13.4. The Labute approximate surface area is 125 Å². The molecule has 1 aromatic rings. The summed E-state index contributed by atoms with van der Waals surface area (Å²) in [6.07, 6.45) is -0.762. The highest BCUT2D eigenvalue weighted by atomic mass is 32.1. The van der Waals surface area contributed by atoms with Crippen LogP contribution < -0.4 is 0 Å². The Balaban J connectivity index is 1.90. The third kappa shape index (κ3) is 2.48. The van der Waals surface area contributed by atoms with Crippen LogP contribution in [0.1, 0.15) is 41.4 Å². The number of hydrogen-bond acceptors (Lipinski definition) is 4. The molecule has 4 nitrogen and oxygen atoms in total. The van der Waals surface area contributed by atoms with Crippen LogP contribution in [0, 0.1) is 5.92 Å². The lowest BCUT2D eigenvalue weighted by Crippen LogP contribution is -2.51. The number of halogens is 2. The Morgan fingerprint density at radius 1 is 1.62 bits per heavy atom. The molecule has 2 heterocycles.